The maximum absolute atomic E-state index is 11.6. The van der Waals surface area contributed by atoms with Gasteiger partial charge in [0, 0.05) is 36.7 Å². The van der Waals surface area contributed by atoms with E-state index in [-0.39, 0.29) is 13.2 Å². The molecular formula is C25H40N2O4. The fourth-order valence-electron chi connectivity index (χ4n) is 3.84. The van der Waals surface area contributed by atoms with Crippen LogP contribution in [0.15, 0.2) is 30.5 Å². The smallest absolute Gasteiger partial charge is 0.321 e. The number of carboxylic acids is 1. The molecule has 0 saturated heterocycles. The van der Waals surface area contributed by atoms with Gasteiger partial charge in [0.05, 0.1) is 12.7 Å². The number of rotatable bonds is 18. The van der Waals surface area contributed by atoms with Crippen molar-refractivity contribution >= 4 is 16.9 Å². The molecule has 0 bridgehead atoms. The minimum Gasteiger partial charge on any atom is -0.480 e. The molecule has 4 N–H and O–H groups in total. The lowest BCUT2D eigenvalue weighted by Gasteiger charge is -2.17. The van der Waals surface area contributed by atoms with Crippen LogP contribution in [-0.2, 0) is 16.0 Å². The first kappa shape index (κ1) is 25.4. The van der Waals surface area contributed by atoms with Gasteiger partial charge in [-0.1, -0.05) is 76.5 Å². The zero-order valence-electron chi connectivity index (χ0n) is 18.9. The Morgan fingerprint density at radius 3 is 2.45 bits per heavy atom. The summed E-state index contributed by atoms with van der Waals surface area (Å²) in [5.41, 5.74) is 1.94. The Labute approximate surface area is 186 Å². The van der Waals surface area contributed by atoms with Crippen LogP contribution in [-0.4, -0.2) is 53.1 Å². The lowest BCUT2D eigenvalue weighted by Crippen LogP contribution is -2.43. The molecule has 1 unspecified atom stereocenters. The number of hydrogen-bond acceptors (Lipinski definition) is 4. The number of ether oxygens (including phenoxy) is 1. The number of hydrogen-bond donors (Lipinski definition) is 4. The predicted molar refractivity (Wildman–Crippen MR) is 125 cm³/mol. The maximum Gasteiger partial charge on any atom is 0.321 e. The van der Waals surface area contributed by atoms with Gasteiger partial charge >= 0.3 is 5.97 Å². The number of fused-ring (bicyclic) bond motifs is 1. The molecule has 1 heterocycles. The van der Waals surface area contributed by atoms with Gasteiger partial charge in [0.2, 0.25) is 0 Å². The Morgan fingerprint density at radius 2 is 1.74 bits per heavy atom. The van der Waals surface area contributed by atoms with Crippen LogP contribution in [0.25, 0.3) is 10.9 Å². The van der Waals surface area contributed by atoms with Gasteiger partial charge in [0.25, 0.3) is 0 Å². The molecule has 2 aromatic rings. The number of aliphatic carboxylic acids is 1. The number of aromatic nitrogens is 1. The van der Waals surface area contributed by atoms with Gasteiger partial charge < -0.3 is 25.3 Å². The van der Waals surface area contributed by atoms with E-state index in [1.807, 2.05) is 30.5 Å². The van der Waals surface area contributed by atoms with Crippen molar-refractivity contribution in [3.8, 4) is 0 Å². The van der Waals surface area contributed by atoms with E-state index >= 15 is 0 Å². The van der Waals surface area contributed by atoms with Crippen LogP contribution >= 0.6 is 0 Å². The molecule has 2 atom stereocenters. The average Bonchev–Trinajstić information content (AvgIpc) is 3.17. The fourth-order valence-corrected chi connectivity index (χ4v) is 3.84. The largest absolute Gasteiger partial charge is 0.480 e. The molecule has 6 heteroatoms. The number of unbranched alkanes of at least 4 members (excludes halogenated alkanes) is 8. The highest BCUT2D eigenvalue weighted by molar-refractivity contribution is 5.84. The zero-order valence-corrected chi connectivity index (χ0v) is 18.9. The minimum atomic E-state index is -0.923. The van der Waals surface area contributed by atoms with Gasteiger partial charge in [0.1, 0.15) is 6.04 Å². The summed E-state index contributed by atoms with van der Waals surface area (Å²) in [4.78, 5) is 14.8. The molecule has 0 aliphatic rings. The van der Waals surface area contributed by atoms with Crippen LogP contribution in [0.4, 0.5) is 0 Å². The van der Waals surface area contributed by atoms with Gasteiger partial charge in [-0.3, -0.25) is 4.79 Å². The summed E-state index contributed by atoms with van der Waals surface area (Å²) in [7, 11) is 0. The van der Waals surface area contributed by atoms with Crippen LogP contribution in [0.5, 0.6) is 0 Å². The Kier molecular flexibility index (Phi) is 12.3. The number of aromatic amines is 1. The van der Waals surface area contributed by atoms with E-state index in [2.05, 4.69) is 17.2 Å². The SMILES string of the molecule is CCCCCCCCCCCOCC(O)CN[C@@H](Cc1c[nH]c2ccccc12)C(=O)O. The van der Waals surface area contributed by atoms with Crippen molar-refractivity contribution in [1.29, 1.82) is 0 Å². The van der Waals surface area contributed by atoms with Gasteiger partial charge in [0.15, 0.2) is 0 Å². The van der Waals surface area contributed by atoms with Crippen LogP contribution in [0, 0.1) is 0 Å². The summed E-state index contributed by atoms with van der Waals surface area (Å²) in [5.74, 6) is -0.923. The van der Waals surface area contributed by atoms with Crippen LogP contribution in [0.1, 0.15) is 70.3 Å². The number of H-pyrrole nitrogens is 1. The second-order valence-corrected chi connectivity index (χ2v) is 8.42. The van der Waals surface area contributed by atoms with Crippen molar-refractivity contribution < 1.29 is 19.7 Å². The molecule has 0 aliphatic heterocycles. The number of carboxylic acid groups (broad SMARTS) is 1. The third kappa shape index (κ3) is 9.85. The molecule has 31 heavy (non-hydrogen) atoms. The van der Waals surface area contributed by atoms with Crippen molar-refractivity contribution in [3.63, 3.8) is 0 Å². The standard InChI is InChI=1S/C25H40N2O4/c1-2-3-4-5-6-7-8-9-12-15-31-19-21(28)18-27-24(25(29)30)16-20-17-26-23-14-11-10-13-22(20)23/h10-11,13-14,17,21,24,26-28H,2-9,12,15-16,18-19H2,1H3,(H,29,30)/t21?,24-/m0/s1. The first-order valence-electron chi connectivity index (χ1n) is 11.9. The summed E-state index contributed by atoms with van der Waals surface area (Å²) in [6, 6.07) is 7.08. The molecule has 0 aliphatic carbocycles. The van der Waals surface area contributed by atoms with Gasteiger partial charge in [-0.25, -0.2) is 0 Å². The topological polar surface area (TPSA) is 94.6 Å². The third-order valence-electron chi connectivity index (χ3n) is 5.70. The number of carbonyl (C=O) groups is 1. The Bertz CT molecular complexity index is 746. The van der Waals surface area contributed by atoms with E-state index in [1.54, 1.807) is 0 Å². The van der Waals surface area contributed by atoms with Gasteiger partial charge in [-0.05, 0) is 18.1 Å². The first-order chi connectivity index (χ1) is 15.1. The molecule has 2 rings (SSSR count). The monoisotopic (exact) mass is 432 g/mol. The molecule has 0 amide bonds. The van der Waals surface area contributed by atoms with E-state index in [1.165, 1.54) is 44.9 Å². The third-order valence-corrected chi connectivity index (χ3v) is 5.70. The summed E-state index contributed by atoms with van der Waals surface area (Å²) in [6.07, 6.45) is 12.9. The highest BCUT2D eigenvalue weighted by atomic mass is 16.5. The molecular weight excluding hydrogens is 392 g/mol. The lowest BCUT2D eigenvalue weighted by molar-refractivity contribution is -0.139. The first-order valence-corrected chi connectivity index (χ1v) is 11.9. The molecule has 0 fully saturated rings. The van der Waals surface area contributed by atoms with Gasteiger partial charge in [-0.15, -0.1) is 0 Å². The second kappa shape index (κ2) is 15.0. The van der Waals surface area contributed by atoms with Gasteiger partial charge in [-0.2, -0.15) is 0 Å². The quantitative estimate of drug-likeness (QED) is 0.257. The molecule has 1 aromatic heterocycles. The van der Waals surface area contributed by atoms with Crippen LogP contribution in [0.3, 0.4) is 0 Å². The van der Waals surface area contributed by atoms with Crippen LogP contribution < -0.4 is 5.32 Å². The van der Waals surface area contributed by atoms with Crippen LogP contribution in [0.2, 0.25) is 0 Å². The summed E-state index contributed by atoms with van der Waals surface area (Å²) < 4.78 is 5.57. The summed E-state index contributed by atoms with van der Waals surface area (Å²) in [6.45, 7) is 3.30. The Hall–Kier alpha value is -1.89. The maximum atomic E-state index is 11.6. The molecule has 0 radical (unpaired) electrons. The van der Waals surface area contributed by atoms with E-state index in [4.69, 9.17) is 4.74 Å². The highest BCUT2D eigenvalue weighted by Crippen LogP contribution is 2.19. The van der Waals surface area contributed by atoms with Crippen molar-refractivity contribution in [2.75, 3.05) is 19.8 Å². The second-order valence-electron chi connectivity index (χ2n) is 8.42. The van der Waals surface area contributed by atoms with Crippen molar-refractivity contribution in [3.05, 3.63) is 36.0 Å². The zero-order chi connectivity index (χ0) is 22.3. The van der Waals surface area contributed by atoms with E-state index in [0.717, 1.165) is 29.3 Å². The average molecular weight is 433 g/mol. The molecule has 1 aromatic carbocycles. The number of aliphatic hydroxyl groups excluding tert-OH is 1. The Morgan fingerprint density at radius 1 is 1.06 bits per heavy atom. The number of benzene rings is 1. The molecule has 0 spiro atoms. The van der Waals surface area contributed by atoms with Crippen molar-refractivity contribution in [1.82, 2.24) is 10.3 Å². The van der Waals surface area contributed by atoms with E-state index < -0.39 is 18.1 Å². The summed E-state index contributed by atoms with van der Waals surface area (Å²) in [5, 5.41) is 23.7. The van der Waals surface area contributed by atoms with Crippen molar-refractivity contribution in [2.45, 2.75) is 83.3 Å². The molecule has 6 nitrogen and oxygen atoms in total. The number of nitrogens with one attached hydrogen (secondary N) is 2. The van der Waals surface area contributed by atoms with E-state index in [0.29, 0.717) is 13.0 Å². The number of aliphatic hydroxyl groups is 1. The molecule has 174 valence electrons. The predicted octanol–water partition coefficient (Wildman–Crippen LogP) is 4.66. The minimum absolute atomic E-state index is 0.192. The lowest BCUT2D eigenvalue weighted by atomic mass is 10.0. The molecule has 0 saturated carbocycles. The fraction of sp³-hybridized carbons (Fsp3) is 0.640. The van der Waals surface area contributed by atoms with Crippen molar-refractivity contribution in [2.24, 2.45) is 0 Å². The number of para-hydroxylation sites is 1. The summed E-state index contributed by atoms with van der Waals surface area (Å²) >= 11 is 0. The van der Waals surface area contributed by atoms with E-state index in [9.17, 15) is 15.0 Å². The highest BCUT2D eigenvalue weighted by Gasteiger charge is 2.20. The Balaban J connectivity index is 1.56. The normalized spacial score (nSPS) is 13.5.